The Kier molecular flexibility index (Phi) is 2.99. The maximum Gasteiger partial charge on any atom is 0.132 e. The lowest BCUT2D eigenvalue weighted by Crippen LogP contribution is -2.37. The number of rotatable bonds is 2. The molecule has 16 heavy (non-hydrogen) atoms. The first kappa shape index (κ1) is 11.2. The highest BCUT2D eigenvalue weighted by Crippen LogP contribution is 2.30. The zero-order valence-electron chi connectivity index (χ0n) is 10.1. The van der Waals surface area contributed by atoms with Crippen molar-refractivity contribution in [2.24, 2.45) is 0 Å². The van der Waals surface area contributed by atoms with Gasteiger partial charge < -0.3 is 11.1 Å². The van der Waals surface area contributed by atoms with Gasteiger partial charge >= 0.3 is 0 Å². The number of aromatic nitrogens is 2. The van der Waals surface area contributed by atoms with Gasteiger partial charge in [0.2, 0.25) is 0 Å². The van der Waals surface area contributed by atoms with Crippen LogP contribution in [0.4, 0.5) is 11.6 Å². The Morgan fingerprint density at radius 3 is 2.56 bits per heavy atom. The van der Waals surface area contributed by atoms with Crippen molar-refractivity contribution in [2.75, 3.05) is 11.1 Å². The van der Waals surface area contributed by atoms with E-state index in [0.717, 1.165) is 11.6 Å². The highest BCUT2D eigenvalue weighted by Gasteiger charge is 2.26. The molecule has 4 heteroatoms. The summed E-state index contributed by atoms with van der Waals surface area (Å²) in [6, 6.07) is 1.81. The van der Waals surface area contributed by atoms with Gasteiger partial charge in [-0.3, -0.25) is 0 Å². The lowest BCUT2D eigenvalue weighted by Gasteiger charge is -2.35. The number of nitrogens with one attached hydrogen (secondary N) is 1. The van der Waals surface area contributed by atoms with Gasteiger partial charge in [-0.25, -0.2) is 9.97 Å². The van der Waals surface area contributed by atoms with Crippen molar-refractivity contribution in [3.05, 3.63) is 11.9 Å². The minimum Gasteiger partial charge on any atom is -0.384 e. The molecule has 4 nitrogen and oxygen atoms in total. The summed E-state index contributed by atoms with van der Waals surface area (Å²) >= 11 is 0. The Morgan fingerprint density at radius 2 is 1.94 bits per heavy atom. The van der Waals surface area contributed by atoms with Crippen molar-refractivity contribution in [1.82, 2.24) is 9.97 Å². The van der Waals surface area contributed by atoms with Crippen LogP contribution < -0.4 is 11.1 Å². The summed E-state index contributed by atoms with van der Waals surface area (Å²) in [6.45, 7) is 4.13. The quantitative estimate of drug-likeness (QED) is 0.803. The maximum atomic E-state index is 5.72. The number of hydrogen-bond donors (Lipinski definition) is 2. The summed E-state index contributed by atoms with van der Waals surface area (Å²) in [4.78, 5) is 8.45. The largest absolute Gasteiger partial charge is 0.384 e. The minimum absolute atomic E-state index is 0.172. The van der Waals surface area contributed by atoms with E-state index >= 15 is 0 Å². The Morgan fingerprint density at radius 1 is 1.25 bits per heavy atom. The summed E-state index contributed by atoms with van der Waals surface area (Å²) in [5, 5.41) is 3.51. The predicted molar refractivity (Wildman–Crippen MR) is 66.3 cm³/mol. The van der Waals surface area contributed by atoms with E-state index in [-0.39, 0.29) is 5.54 Å². The SMILES string of the molecule is Cc1nc(N)cc(NC2(C)CCCCC2)n1. The summed E-state index contributed by atoms with van der Waals surface area (Å²) in [6.07, 6.45) is 6.35. The Bertz CT molecular complexity index is 349. The van der Waals surface area contributed by atoms with E-state index in [1.807, 2.05) is 13.0 Å². The molecule has 0 spiro atoms. The van der Waals surface area contributed by atoms with Crippen molar-refractivity contribution in [1.29, 1.82) is 0 Å². The average Bonchev–Trinajstić information content (AvgIpc) is 2.15. The van der Waals surface area contributed by atoms with E-state index in [9.17, 15) is 0 Å². The van der Waals surface area contributed by atoms with Gasteiger partial charge in [-0.2, -0.15) is 0 Å². The van der Waals surface area contributed by atoms with Gasteiger partial charge in [0.25, 0.3) is 0 Å². The molecule has 0 aromatic carbocycles. The molecule has 1 aliphatic rings. The molecule has 0 aliphatic heterocycles. The van der Waals surface area contributed by atoms with Crippen molar-refractivity contribution < 1.29 is 0 Å². The number of aryl methyl sites for hydroxylation is 1. The van der Waals surface area contributed by atoms with Crippen LogP contribution in [0.25, 0.3) is 0 Å². The van der Waals surface area contributed by atoms with Crippen molar-refractivity contribution in [3.8, 4) is 0 Å². The smallest absolute Gasteiger partial charge is 0.132 e. The molecule has 1 fully saturated rings. The number of nitrogens with zero attached hydrogens (tertiary/aromatic N) is 2. The lowest BCUT2D eigenvalue weighted by atomic mass is 9.83. The van der Waals surface area contributed by atoms with Gasteiger partial charge in [0.05, 0.1) is 0 Å². The standard InChI is InChI=1S/C12H20N4/c1-9-14-10(13)8-11(15-9)16-12(2)6-4-3-5-7-12/h8H,3-7H2,1-2H3,(H3,13,14,15,16). The van der Waals surface area contributed by atoms with E-state index in [1.165, 1.54) is 32.1 Å². The van der Waals surface area contributed by atoms with E-state index in [4.69, 9.17) is 5.73 Å². The highest BCUT2D eigenvalue weighted by atomic mass is 15.1. The molecular formula is C12H20N4. The van der Waals surface area contributed by atoms with Crippen LogP contribution in [0, 0.1) is 6.92 Å². The molecule has 0 unspecified atom stereocenters. The van der Waals surface area contributed by atoms with E-state index < -0.39 is 0 Å². The number of hydrogen-bond acceptors (Lipinski definition) is 4. The molecule has 0 bridgehead atoms. The first-order valence-corrected chi connectivity index (χ1v) is 5.97. The topological polar surface area (TPSA) is 63.8 Å². The fourth-order valence-corrected chi connectivity index (χ4v) is 2.42. The van der Waals surface area contributed by atoms with E-state index in [1.54, 1.807) is 0 Å². The molecule has 1 aliphatic carbocycles. The normalized spacial score (nSPS) is 19.4. The van der Waals surface area contributed by atoms with E-state index in [0.29, 0.717) is 5.82 Å². The van der Waals surface area contributed by atoms with Crippen molar-refractivity contribution >= 4 is 11.6 Å². The fraction of sp³-hybridized carbons (Fsp3) is 0.667. The number of nitrogen functional groups attached to an aromatic ring is 1. The molecule has 0 atom stereocenters. The van der Waals surface area contributed by atoms with Crippen LogP contribution in [0.3, 0.4) is 0 Å². The maximum absolute atomic E-state index is 5.72. The molecular weight excluding hydrogens is 200 g/mol. The second kappa shape index (κ2) is 4.28. The molecule has 0 radical (unpaired) electrons. The molecule has 1 aromatic heterocycles. The van der Waals surface area contributed by atoms with Crippen LogP contribution in [-0.2, 0) is 0 Å². The Hall–Kier alpha value is -1.32. The van der Waals surface area contributed by atoms with Gasteiger partial charge in [-0.1, -0.05) is 19.3 Å². The Balaban J connectivity index is 2.13. The summed E-state index contributed by atoms with van der Waals surface area (Å²) < 4.78 is 0. The van der Waals surface area contributed by atoms with Gasteiger partial charge in [0.15, 0.2) is 0 Å². The zero-order valence-corrected chi connectivity index (χ0v) is 10.1. The predicted octanol–water partition coefficient (Wildman–Crippen LogP) is 2.50. The van der Waals surface area contributed by atoms with Gasteiger partial charge in [-0.15, -0.1) is 0 Å². The number of nitrogens with two attached hydrogens (primary N) is 1. The Labute approximate surface area is 96.7 Å². The third-order valence-electron chi connectivity index (χ3n) is 3.24. The first-order chi connectivity index (χ1) is 7.57. The highest BCUT2D eigenvalue weighted by molar-refractivity contribution is 5.46. The third-order valence-corrected chi connectivity index (χ3v) is 3.24. The second-order valence-corrected chi connectivity index (χ2v) is 4.97. The van der Waals surface area contributed by atoms with Crippen LogP contribution in [0.15, 0.2) is 6.07 Å². The summed E-state index contributed by atoms with van der Waals surface area (Å²) in [5.74, 6) is 2.12. The van der Waals surface area contributed by atoms with Crippen LogP contribution >= 0.6 is 0 Å². The van der Waals surface area contributed by atoms with Gasteiger partial charge in [0, 0.05) is 11.6 Å². The van der Waals surface area contributed by atoms with Crippen LogP contribution in [0.2, 0.25) is 0 Å². The zero-order chi connectivity index (χ0) is 11.6. The molecule has 1 aromatic rings. The van der Waals surface area contributed by atoms with Crippen molar-refractivity contribution in [2.45, 2.75) is 51.5 Å². The monoisotopic (exact) mass is 220 g/mol. The molecule has 0 amide bonds. The minimum atomic E-state index is 0.172. The number of anilines is 2. The average molecular weight is 220 g/mol. The fourth-order valence-electron chi connectivity index (χ4n) is 2.42. The summed E-state index contributed by atoms with van der Waals surface area (Å²) in [5.41, 5.74) is 5.89. The summed E-state index contributed by atoms with van der Waals surface area (Å²) in [7, 11) is 0. The molecule has 3 N–H and O–H groups in total. The lowest BCUT2D eigenvalue weighted by molar-refractivity contribution is 0.348. The van der Waals surface area contributed by atoms with Crippen molar-refractivity contribution in [3.63, 3.8) is 0 Å². The molecule has 1 saturated carbocycles. The molecule has 1 heterocycles. The van der Waals surface area contributed by atoms with Crippen LogP contribution in [-0.4, -0.2) is 15.5 Å². The van der Waals surface area contributed by atoms with Gasteiger partial charge in [-0.05, 0) is 26.7 Å². The first-order valence-electron chi connectivity index (χ1n) is 5.97. The van der Waals surface area contributed by atoms with Crippen LogP contribution in [0.1, 0.15) is 44.9 Å². The second-order valence-electron chi connectivity index (χ2n) is 4.97. The third kappa shape index (κ3) is 2.62. The molecule has 0 saturated heterocycles. The van der Waals surface area contributed by atoms with Gasteiger partial charge in [0.1, 0.15) is 17.5 Å². The van der Waals surface area contributed by atoms with Crippen LogP contribution in [0.5, 0.6) is 0 Å². The molecule has 88 valence electrons. The van der Waals surface area contributed by atoms with E-state index in [2.05, 4.69) is 22.2 Å². The molecule has 2 rings (SSSR count).